The van der Waals surface area contributed by atoms with E-state index in [0.29, 0.717) is 12.3 Å². The van der Waals surface area contributed by atoms with E-state index in [9.17, 15) is 4.79 Å². The van der Waals surface area contributed by atoms with E-state index in [4.69, 9.17) is 5.11 Å². The van der Waals surface area contributed by atoms with Crippen molar-refractivity contribution in [2.75, 3.05) is 40.3 Å². The average Bonchev–Trinajstić information content (AvgIpc) is 2.17. The molecule has 17 heavy (non-hydrogen) atoms. The number of piperidine rings is 1. The Morgan fingerprint density at radius 1 is 1.47 bits per heavy atom. The zero-order chi connectivity index (χ0) is 13.1. The number of rotatable bonds is 5. The molecule has 1 unspecified atom stereocenters. The molecule has 1 aliphatic heterocycles. The van der Waals surface area contributed by atoms with E-state index in [1.54, 1.807) is 0 Å². The molecular weight excluding hydrogens is 216 g/mol. The van der Waals surface area contributed by atoms with Crippen LogP contribution in [0, 0.1) is 11.3 Å². The van der Waals surface area contributed by atoms with Crippen molar-refractivity contribution in [2.24, 2.45) is 11.3 Å². The van der Waals surface area contributed by atoms with E-state index < -0.39 is 5.97 Å². The third kappa shape index (κ3) is 4.64. The molecule has 1 fully saturated rings. The van der Waals surface area contributed by atoms with Crippen LogP contribution in [0.2, 0.25) is 0 Å². The van der Waals surface area contributed by atoms with Gasteiger partial charge in [0.25, 0.3) is 0 Å². The second-order valence-corrected chi connectivity index (χ2v) is 6.15. The van der Waals surface area contributed by atoms with Crippen molar-refractivity contribution >= 4 is 5.97 Å². The highest BCUT2D eigenvalue weighted by Crippen LogP contribution is 2.36. The summed E-state index contributed by atoms with van der Waals surface area (Å²) < 4.78 is 0. The second-order valence-electron chi connectivity index (χ2n) is 6.15. The van der Waals surface area contributed by atoms with Crippen molar-refractivity contribution in [1.29, 1.82) is 0 Å². The van der Waals surface area contributed by atoms with Gasteiger partial charge in [0, 0.05) is 26.1 Å². The normalized spacial score (nSPS) is 25.1. The highest BCUT2D eigenvalue weighted by Gasteiger charge is 2.36. The van der Waals surface area contributed by atoms with Crippen molar-refractivity contribution in [2.45, 2.75) is 26.7 Å². The van der Waals surface area contributed by atoms with Crippen molar-refractivity contribution in [1.82, 2.24) is 9.80 Å². The summed E-state index contributed by atoms with van der Waals surface area (Å²) in [5, 5.41) is 8.92. The van der Waals surface area contributed by atoms with Crippen molar-refractivity contribution < 1.29 is 9.90 Å². The molecule has 1 N–H and O–H groups in total. The summed E-state index contributed by atoms with van der Waals surface area (Å²) in [7, 11) is 4.17. The number of likely N-dealkylation sites (N-methyl/N-ethyl adjacent to an activating group) is 1. The third-order valence-electron chi connectivity index (χ3n) is 3.81. The lowest BCUT2D eigenvalue weighted by Crippen LogP contribution is -2.48. The van der Waals surface area contributed by atoms with Crippen LogP contribution in [0.3, 0.4) is 0 Å². The summed E-state index contributed by atoms with van der Waals surface area (Å²) in [6, 6.07) is 0. The molecule has 4 heteroatoms. The number of carboxylic acids is 1. The molecule has 0 spiro atoms. The number of hydrogen-bond donors (Lipinski definition) is 1. The summed E-state index contributed by atoms with van der Waals surface area (Å²) in [6.45, 7) is 8.59. The molecule has 0 amide bonds. The fourth-order valence-electron chi connectivity index (χ4n) is 2.64. The summed E-state index contributed by atoms with van der Waals surface area (Å²) in [6.07, 6.45) is 1.32. The third-order valence-corrected chi connectivity index (χ3v) is 3.81. The van der Waals surface area contributed by atoms with E-state index in [1.165, 1.54) is 0 Å². The average molecular weight is 242 g/mol. The molecule has 1 saturated heterocycles. The number of hydrogen-bond acceptors (Lipinski definition) is 3. The Bertz CT molecular complexity index is 264. The van der Waals surface area contributed by atoms with Crippen molar-refractivity contribution in [3.8, 4) is 0 Å². The quantitative estimate of drug-likeness (QED) is 0.791. The topological polar surface area (TPSA) is 43.8 Å². The SMILES string of the molecule is CN(C)CCN1CCC(CC(=O)O)C(C)(C)C1. The lowest BCUT2D eigenvalue weighted by atomic mass is 9.72. The van der Waals surface area contributed by atoms with Gasteiger partial charge in [-0.3, -0.25) is 4.79 Å². The molecule has 1 heterocycles. The molecule has 0 radical (unpaired) electrons. The van der Waals surface area contributed by atoms with Crippen molar-refractivity contribution in [3.63, 3.8) is 0 Å². The number of aliphatic carboxylic acids is 1. The van der Waals surface area contributed by atoms with Gasteiger partial charge in [0.1, 0.15) is 0 Å². The molecule has 0 aliphatic carbocycles. The molecule has 0 aromatic heterocycles. The Morgan fingerprint density at radius 2 is 2.12 bits per heavy atom. The van der Waals surface area contributed by atoms with Gasteiger partial charge >= 0.3 is 5.97 Å². The zero-order valence-electron chi connectivity index (χ0n) is 11.6. The van der Waals surface area contributed by atoms with E-state index in [2.05, 4.69) is 37.7 Å². The van der Waals surface area contributed by atoms with Crippen LogP contribution in [-0.4, -0.2) is 61.2 Å². The first-order chi connectivity index (χ1) is 7.81. The molecule has 0 aromatic carbocycles. The van der Waals surface area contributed by atoms with E-state index >= 15 is 0 Å². The molecular formula is C13H26N2O2. The van der Waals surface area contributed by atoms with Gasteiger partial charge in [0.05, 0.1) is 0 Å². The van der Waals surface area contributed by atoms with Crippen LogP contribution in [0.4, 0.5) is 0 Å². The summed E-state index contributed by atoms with van der Waals surface area (Å²) in [5.74, 6) is -0.347. The molecule has 4 nitrogen and oxygen atoms in total. The van der Waals surface area contributed by atoms with Gasteiger partial charge in [0.2, 0.25) is 0 Å². The van der Waals surface area contributed by atoms with Gasteiger partial charge in [-0.25, -0.2) is 0 Å². The smallest absolute Gasteiger partial charge is 0.303 e. The summed E-state index contributed by atoms with van der Waals surface area (Å²) in [5.41, 5.74) is 0.114. The fourth-order valence-corrected chi connectivity index (χ4v) is 2.64. The molecule has 0 bridgehead atoms. The predicted molar refractivity (Wildman–Crippen MR) is 69.1 cm³/mol. The number of carbonyl (C=O) groups is 1. The molecule has 0 saturated carbocycles. The first kappa shape index (κ1) is 14.5. The van der Waals surface area contributed by atoms with Crippen LogP contribution in [0.5, 0.6) is 0 Å². The first-order valence-electron chi connectivity index (χ1n) is 6.40. The highest BCUT2D eigenvalue weighted by atomic mass is 16.4. The molecule has 1 aliphatic rings. The zero-order valence-corrected chi connectivity index (χ0v) is 11.6. The van der Waals surface area contributed by atoms with Crippen LogP contribution in [0.25, 0.3) is 0 Å². The number of likely N-dealkylation sites (tertiary alicyclic amines) is 1. The Morgan fingerprint density at radius 3 is 2.59 bits per heavy atom. The summed E-state index contributed by atoms with van der Waals surface area (Å²) >= 11 is 0. The van der Waals surface area contributed by atoms with E-state index in [-0.39, 0.29) is 5.41 Å². The van der Waals surface area contributed by atoms with E-state index in [0.717, 1.165) is 32.6 Å². The van der Waals surface area contributed by atoms with Crippen LogP contribution in [-0.2, 0) is 4.79 Å². The Hall–Kier alpha value is -0.610. The maximum atomic E-state index is 10.8. The Balaban J connectivity index is 2.47. The van der Waals surface area contributed by atoms with Crippen molar-refractivity contribution in [3.05, 3.63) is 0 Å². The Labute approximate surface area is 105 Å². The molecule has 1 rings (SSSR count). The van der Waals surface area contributed by atoms with Crippen LogP contribution >= 0.6 is 0 Å². The fraction of sp³-hybridized carbons (Fsp3) is 0.923. The summed E-state index contributed by atoms with van der Waals surface area (Å²) in [4.78, 5) is 15.5. The van der Waals surface area contributed by atoms with Gasteiger partial charge in [-0.2, -0.15) is 0 Å². The standard InChI is InChI=1S/C13H26N2O2/c1-13(2)10-15(8-7-14(3)4)6-5-11(13)9-12(16)17/h11H,5-10H2,1-4H3,(H,16,17). The van der Waals surface area contributed by atoms with Crippen LogP contribution < -0.4 is 0 Å². The van der Waals surface area contributed by atoms with Crippen LogP contribution in [0.1, 0.15) is 26.7 Å². The van der Waals surface area contributed by atoms with Gasteiger partial charge < -0.3 is 14.9 Å². The lowest BCUT2D eigenvalue weighted by molar-refractivity contribution is -0.140. The first-order valence-corrected chi connectivity index (χ1v) is 6.40. The minimum atomic E-state index is -0.662. The monoisotopic (exact) mass is 242 g/mol. The second kappa shape index (κ2) is 5.83. The predicted octanol–water partition coefficient (Wildman–Crippen LogP) is 1.37. The van der Waals surface area contributed by atoms with Gasteiger partial charge in [-0.1, -0.05) is 13.8 Å². The minimum Gasteiger partial charge on any atom is -0.481 e. The van der Waals surface area contributed by atoms with Gasteiger partial charge in [-0.15, -0.1) is 0 Å². The number of nitrogens with zero attached hydrogens (tertiary/aromatic N) is 2. The minimum absolute atomic E-state index is 0.114. The molecule has 1 atom stereocenters. The molecule has 0 aromatic rings. The Kier molecular flexibility index (Phi) is 4.95. The molecule has 100 valence electrons. The lowest BCUT2D eigenvalue weighted by Gasteiger charge is -2.44. The van der Waals surface area contributed by atoms with E-state index in [1.807, 2.05) is 0 Å². The van der Waals surface area contributed by atoms with Gasteiger partial charge in [0.15, 0.2) is 0 Å². The van der Waals surface area contributed by atoms with Crippen LogP contribution in [0.15, 0.2) is 0 Å². The largest absolute Gasteiger partial charge is 0.481 e. The maximum Gasteiger partial charge on any atom is 0.303 e. The maximum absolute atomic E-state index is 10.8. The number of carboxylic acid groups (broad SMARTS) is 1. The van der Waals surface area contributed by atoms with Gasteiger partial charge in [-0.05, 0) is 38.4 Å². The highest BCUT2D eigenvalue weighted by molar-refractivity contribution is 5.67.